The summed E-state index contributed by atoms with van der Waals surface area (Å²) in [5.74, 6) is 0.547. The zero-order valence-electron chi connectivity index (χ0n) is 7.92. The van der Waals surface area contributed by atoms with Gasteiger partial charge in [-0.2, -0.15) is 0 Å². The Morgan fingerprint density at radius 3 is 2.67 bits per heavy atom. The Labute approximate surface area is 74.3 Å². The van der Waals surface area contributed by atoms with E-state index in [1.54, 1.807) is 0 Å². The van der Waals surface area contributed by atoms with Crippen LogP contribution >= 0.6 is 0 Å². The minimum atomic E-state index is 0.261. The number of allylic oxidation sites excluding steroid dienone is 2. The van der Waals surface area contributed by atoms with Crippen molar-refractivity contribution >= 4 is 6.29 Å². The Kier molecular flexibility index (Phi) is 6.67. The maximum absolute atomic E-state index is 10.2. The molecule has 2 nitrogen and oxygen atoms in total. The number of carbonyl (C=O) groups excluding carboxylic acids is 1. The van der Waals surface area contributed by atoms with Gasteiger partial charge >= 0.3 is 0 Å². The van der Waals surface area contributed by atoms with E-state index in [-0.39, 0.29) is 6.61 Å². The molecule has 1 unspecified atom stereocenters. The average Bonchev–Trinajstić information content (AvgIpc) is 2.04. The number of aliphatic hydroxyl groups is 1. The van der Waals surface area contributed by atoms with Gasteiger partial charge in [0.25, 0.3) is 0 Å². The highest BCUT2D eigenvalue weighted by atomic mass is 16.3. The van der Waals surface area contributed by atoms with Crippen molar-refractivity contribution in [2.75, 3.05) is 6.61 Å². The van der Waals surface area contributed by atoms with Crippen molar-refractivity contribution in [1.82, 2.24) is 0 Å². The second kappa shape index (κ2) is 7.04. The first kappa shape index (κ1) is 11.4. The number of carbonyl (C=O) groups is 1. The standard InChI is InChI=1S/C10H18O2/c1-9(6-7-11)4-3-5-10(2)8-12/h5,8-9,11H,3-4,6-7H2,1-2H3/b10-5+. The molecule has 0 aliphatic carbocycles. The molecular weight excluding hydrogens is 152 g/mol. The zero-order valence-corrected chi connectivity index (χ0v) is 7.92. The highest BCUT2D eigenvalue weighted by Crippen LogP contribution is 2.10. The molecule has 2 heteroatoms. The van der Waals surface area contributed by atoms with Gasteiger partial charge in [-0.25, -0.2) is 0 Å². The van der Waals surface area contributed by atoms with Gasteiger partial charge in [-0.15, -0.1) is 0 Å². The molecular formula is C10H18O2. The highest BCUT2D eigenvalue weighted by molar-refractivity contribution is 5.71. The van der Waals surface area contributed by atoms with Crippen molar-refractivity contribution in [1.29, 1.82) is 0 Å². The molecule has 0 rings (SSSR count). The van der Waals surface area contributed by atoms with Gasteiger partial charge in [-0.05, 0) is 37.7 Å². The van der Waals surface area contributed by atoms with E-state index in [2.05, 4.69) is 6.92 Å². The first-order valence-corrected chi connectivity index (χ1v) is 4.43. The van der Waals surface area contributed by atoms with Gasteiger partial charge in [-0.3, -0.25) is 4.79 Å². The molecule has 0 amide bonds. The van der Waals surface area contributed by atoms with Gasteiger partial charge in [-0.1, -0.05) is 13.0 Å². The molecule has 12 heavy (non-hydrogen) atoms. The van der Waals surface area contributed by atoms with Crippen LogP contribution in [0.4, 0.5) is 0 Å². The maximum Gasteiger partial charge on any atom is 0.145 e. The Hall–Kier alpha value is -0.630. The van der Waals surface area contributed by atoms with Crippen LogP contribution in [0.5, 0.6) is 0 Å². The molecule has 1 N–H and O–H groups in total. The molecule has 0 bridgehead atoms. The van der Waals surface area contributed by atoms with E-state index in [0.717, 1.165) is 31.1 Å². The Morgan fingerprint density at radius 1 is 1.50 bits per heavy atom. The maximum atomic E-state index is 10.2. The van der Waals surface area contributed by atoms with E-state index >= 15 is 0 Å². The summed E-state index contributed by atoms with van der Waals surface area (Å²) in [5.41, 5.74) is 0.797. The SMILES string of the molecule is C/C(C=O)=C\CCC(C)CCO. The lowest BCUT2D eigenvalue weighted by molar-refractivity contribution is -0.104. The average molecular weight is 170 g/mol. The topological polar surface area (TPSA) is 37.3 Å². The van der Waals surface area contributed by atoms with E-state index in [1.165, 1.54) is 0 Å². The summed E-state index contributed by atoms with van der Waals surface area (Å²) in [6, 6.07) is 0. The van der Waals surface area contributed by atoms with Gasteiger partial charge in [0, 0.05) is 6.61 Å². The van der Waals surface area contributed by atoms with Crippen molar-refractivity contribution in [2.45, 2.75) is 33.1 Å². The molecule has 1 atom stereocenters. The second-order valence-electron chi connectivity index (χ2n) is 3.26. The first-order valence-electron chi connectivity index (χ1n) is 4.43. The van der Waals surface area contributed by atoms with Crippen molar-refractivity contribution in [3.63, 3.8) is 0 Å². The van der Waals surface area contributed by atoms with Crippen LogP contribution in [0.2, 0.25) is 0 Å². The minimum absolute atomic E-state index is 0.261. The smallest absolute Gasteiger partial charge is 0.145 e. The molecule has 70 valence electrons. The van der Waals surface area contributed by atoms with Crippen LogP contribution in [0.1, 0.15) is 33.1 Å². The molecule has 0 aliphatic heterocycles. The molecule has 0 aromatic carbocycles. The highest BCUT2D eigenvalue weighted by Gasteiger charge is 1.98. The lowest BCUT2D eigenvalue weighted by Crippen LogP contribution is -1.97. The summed E-state index contributed by atoms with van der Waals surface area (Å²) in [6.07, 6.45) is 5.66. The van der Waals surface area contributed by atoms with E-state index in [1.807, 2.05) is 13.0 Å². The minimum Gasteiger partial charge on any atom is -0.396 e. The molecule has 0 saturated heterocycles. The zero-order chi connectivity index (χ0) is 9.40. The fraction of sp³-hybridized carbons (Fsp3) is 0.700. The molecule has 0 aromatic rings. The fourth-order valence-corrected chi connectivity index (χ4v) is 1.01. The van der Waals surface area contributed by atoms with Crippen LogP contribution < -0.4 is 0 Å². The van der Waals surface area contributed by atoms with Gasteiger partial charge < -0.3 is 5.11 Å². The lowest BCUT2D eigenvalue weighted by atomic mass is 10.0. The third kappa shape index (κ3) is 6.10. The van der Waals surface area contributed by atoms with Crippen LogP contribution in [-0.2, 0) is 4.79 Å². The predicted molar refractivity (Wildman–Crippen MR) is 49.9 cm³/mol. The van der Waals surface area contributed by atoms with Crippen LogP contribution in [-0.4, -0.2) is 18.0 Å². The normalized spacial score (nSPS) is 14.4. The van der Waals surface area contributed by atoms with Crippen molar-refractivity contribution in [3.05, 3.63) is 11.6 Å². The molecule has 0 spiro atoms. The summed E-state index contributed by atoms with van der Waals surface area (Å²) in [6.45, 7) is 4.18. The van der Waals surface area contributed by atoms with Crippen molar-refractivity contribution in [2.24, 2.45) is 5.92 Å². The molecule has 0 heterocycles. The molecule has 0 fully saturated rings. The third-order valence-corrected chi connectivity index (χ3v) is 1.93. The first-order chi connectivity index (χ1) is 5.70. The van der Waals surface area contributed by atoms with Gasteiger partial charge in [0.2, 0.25) is 0 Å². The van der Waals surface area contributed by atoms with Crippen LogP contribution in [0.15, 0.2) is 11.6 Å². The summed E-state index contributed by atoms with van der Waals surface area (Å²) in [4.78, 5) is 10.2. The number of hydrogen-bond donors (Lipinski definition) is 1. The number of aldehydes is 1. The molecule has 0 saturated carbocycles. The fourth-order valence-electron chi connectivity index (χ4n) is 1.01. The van der Waals surface area contributed by atoms with Crippen LogP contribution in [0.3, 0.4) is 0 Å². The van der Waals surface area contributed by atoms with Crippen molar-refractivity contribution in [3.8, 4) is 0 Å². The van der Waals surface area contributed by atoms with Gasteiger partial charge in [0.05, 0.1) is 0 Å². The van der Waals surface area contributed by atoms with Gasteiger partial charge in [0.15, 0.2) is 0 Å². The monoisotopic (exact) mass is 170 g/mol. The number of rotatable bonds is 6. The summed E-state index contributed by atoms with van der Waals surface area (Å²) in [7, 11) is 0. The van der Waals surface area contributed by atoms with Crippen molar-refractivity contribution < 1.29 is 9.90 Å². The van der Waals surface area contributed by atoms with Gasteiger partial charge in [0.1, 0.15) is 6.29 Å². The Balaban J connectivity index is 3.48. The largest absolute Gasteiger partial charge is 0.396 e. The van der Waals surface area contributed by atoms with E-state index in [4.69, 9.17) is 5.11 Å². The molecule has 0 radical (unpaired) electrons. The summed E-state index contributed by atoms with van der Waals surface area (Å²) >= 11 is 0. The Bertz CT molecular complexity index is 150. The number of hydrogen-bond acceptors (Lipinski definition) is 2. The van der Waals surface area contributed by atoms with Crippen LogP contribution in [0, 0.1) is 5.92 Å². The lowest BCUT2D eigenvalue weighted by Gasteiger charge is -2.06. The van der Waals surface area contributed by atoms with Crippen LogP contribution in [0.25, 0.3) is 0 Å². The van der Waals surface area contributed by atoms with E-state index in [0.29, 0.717) is 5.92 Å². The third-order valence-electron chi connectivity index (χ3n) is 1.93. The number of aliphatic hydroxyl groups excluding tert-OH is 1. The predicted octanol–water partition coefficient (Wildman–Crippen LogP) is 1.93. The quantitative estimate of drug-likeness (QED) is 0.488. The second-order valence-corrected chi connectivity index (χ2v) is 3.26. The van der Waals surface area contributed by atoms with E-state index in [9.17, 15) is 4.79 Å². The summed E-state index contributed by atoms with van der Waals surface area (Å²) < 4.78 is 0. The Morgan fingerprint density at radius 2 is 2.17 bits per heavy atom. The molecule has 0 aliphatic rings. The molecule has 0 aromatic heterocycles. The van der Waals surface area contributed by atoms with E-state index < -0.39 is 0 Å². The summed E-state index contributed by atoms with van der Waals surface area (Å²) in [5, 5.41) is 8.62.